The zero-order valence-corrected chi connectivity index (χ0v) is 90.1. The zero-order valence-electron chi connectivity index (χ0n) is 90.1. The van der Waals surface area contributed by atoms with E-state index in [2.05, 4.69) is 29.0 Å². The van der Waals surface area contributed by atoms with E-state index in [0.29, 0.717) is 97.3 Å². The van der Waals surface area contributed by atoms with Gasteiger partial charge in [0.15, 0.2) is 0 Å². The molecule has 19 heteroatoms. The van der Waals surface area contributed by atoms with Crippen LogP contribution in [0.2, 0.25) is 0 Å². The van der Waals surface area contributed by atoms with Crippen LogP contribution in [0.4, 0.5) is 0 Å². The van der Waals surface area contributed by atoms with E-state index in [9.17, 15) is 43.2 Å². The number of cyclic esters (lactones) is 1. The van der Waals surface area contributed by atoms with Crippen LogP contribution in [0.3, 0.4) is 0 Å². The lowest BCUT2D eigenvalue weighted by Crippen LogP contribution is -2.28. The van der Waals surface area contributed by atoms with Gasteiger partial charge in [-0.25, -0.2) is 43.2 Å². The van der Waals surface area contributed by atoms with Gasteiger partial charge in [0, 0.05) is 19.8 Å². The Balaban J connectivity index is 0.000000294. The van der Waals surface area contributed by atoms with Gasteiger partial charge in [-0.2, -0.15) is 0 Å². The van der Waals surface area contributed by atoms with Crippen molar-refractivity contribution in [2.45, 2.75) is 296 Å². The third-order valence-electron chi connectivity index (χ3n) is 24.3. The molecule has 0 saturated carbocycles. The van der Waals surface area contributed by atoms with Crippen LogP contribution in [0.15, 0.2) is 291 Å². The van der Waals surface area contributed by atoms with Crippen LogP contribution < -0.4 is 0 Å². The van der Waals surface area contributed by atoms with E-state index in [0.717, 1.165) is 58.2 Å². The molecule has 0 N–H and O–H groups in total. The average Bonchev–Trinajstić information content (AvgIpc) is 1.75. The quantitative estimate of drug-likeness (QED) is 0.0310. The summed E-state index contributed by atoms with van der Waals surface area (Å²) in [5.74, 6) is -3.05. The minimum atomic E-state index is -0.541. The molecule has 1 aliphatic heterocycles. The Labute approximate surface area is 849 Å². The summed E-state index contributed by atoms with van der Waals surface area (Å²) >= 11 is 0. The highest BCUT2D eigenvalue weighted by atomic mass is 16.6. The molecule has 0 bridgehead atoms. The first kappa shape index (κ1) is 120. The fraction of sp³-hybridized carbons (Fsp3) is 0.379. The van der Waals surface area contributed by atoms with Gasteiger partial charge in [-0.15, -0.1) is 0 Å². The Hall–Kier alpha value is -13.7. The van der Waals surface area contributed by atoms with E-state index < -0.39 is 50.4 Å². The fourth-order valence-electron chi connectivity index (χ4n) is 12.9. The van der Waals surface area contributed by atoms with Crippen LogP contribution in [0.1, 0.15) is 344 Å². The van der Waals surface area contributed by atoms with Crippen molar-refractivity contribution in [3.63, 3.8) is 0 Å². The molecule has 1 aliphatic rings. The predicted octanol–water partition coefficient (Wildman–Crippen LogP) is 31.7. The number of carbonyl (C=O) groups excluding carboxylic acids is 9. The van der Waals surface area contributed by atoms with Crippen molar-refractivity contribution in [1.82, 2.24) is 0 Å². The lowest BCUT2D eigenvalue weighted by Gasteiger charge is -2.25. The van der Waals surface area contributed by atoms with Crippen molar-refractivity contribution in [2.24, 2.45) is 0 Å². The first-order valence-corrected chi connectivity index (χ1v) is 49.5. The summed E-state index contributed by atoms with van der Waals surface area (Å²) in [7, 11) is 3.25. The number of hydrogen-bond acceptors (Lipinski definition) is 19. The molecule has 0 aromatic heterocycles. The second-order valence-electron chi connectivity index (χ2n) is 39.4. The van der Waals surface area contributed by atoms with Gasteiger partial charge in [-0.1, -0.05) is 282 Å². The molecule has 1 heterocycles. The van der Waals surface area contributed by atoms with Crippen molar-refractivity contribution in [2.75, 3.05) is 14.2 Å². The summed E-state index contributed by atoms with van der Waals surface area (Å²) in [5.41, 5.74) is 1.11. The Morgan fingerprint density at radius 2 is 0.448 bits per heavy atom. The third kappa shape index (κ3) is 38.0. The van der Waals surface area contributed by atoms with E-state index in [1.54, 1.807) is 80.9 Å². The molecule has 0 radical (unpaired) electrons. The van der Waals surface area contributed by atoms with E-state index in [1.807, 2.05) is 394 Å². The van der Waals surface area contributed by atoms with Gasteiger partial charge in [0.05, 0.1) is 50.1 Å². The van der Waals surface area contributed by atoms with Crippen molar-refractivity contribution < 1.29 is 90.5 Å². The summed E-state index contributed by atoms with van der Waals surface area (Å²) in [6.07, 6.45) is 5.90. The highest BCUT2D eigenvalue weighted by Crippen LogP contribution is 2.37. The summed E-state index contributed by atoms with van der Waals surface area (Å²) in [6, 6.07) is 90.8. The Kier molecular flexibility index (Phi) is 46.7. The number of fused-ring (bicyclic) bond motifs is 6. The first-order valence-electron chi connectivity index (χ1n) is 49.5. The van der Waals surface area contributed by atoms with E-state index >= 15 is 0 Å². The van der Waals surface area contributed by atoms with E-state index in [1.165, 1.54) is 5.39 Å². The summed E-state index contributed by atoms with van der Waals surface area (Å²) < 4.78 is 54.0. The van der Waals surface area contributed by atoms with Gasteiger partial charge in [-0.05, 0) is 309 Å². The molecule has 0 spiro atoms. The van der Waals surface area contributed by atoms with Gasteiger partial charge < -0.3 is 47.4 Å². The highest BCUT2D eigenvalue weighted by molar-refractivity contribution is 6.14. The Morgan fingerprint density at radius 3 is 0.741 bits per heavy atom. The predicted molar refractivity (Wildman–Crippen MR) is 580 cm³/mol. The summed E-state index contributed by atoms with van der Waals surface area (Å²) in [5, 5.41) is 9.06. The van der Waals surface area contributed by atoms with Crippen LogP contribution >= 0.6 is 0 Å². The van der Waals surface area contributed by atoms with Crippen molar-refractivity contribution in [3.8, 4) is 0 Å². The fourth-order valence-corrected chi connectivity index (χ4v) is 12.9. The molecule has 764 valence electrons. The van der Waals surface area contributed by atoms with Crippen LogP contribution in [0, 0.1) is 0 Å². The molecular formula is C124H154O19. The van der Waals surface area contributed by atoms with Crippen LogP contribution in [0.25, 0.3) is 53.9 Å². The molecule has 0 amide bonds. The number of ether oxygens (including phenoxy) is 10. The average molecular weight is 1950 g/mol. The molecule has 0 unspecified atom stereocenters. The molecule has 14 rings (SSSR count). The minimum absolute atomic E-state index is 0.212. The number of rotatable bonds is 24. The molecule has 0 aliphatic carbocycles. The number of carbonyl (C=O) groups is 9. The van der Waals surface area contributed by atoms with E-state index in [-0.39, 0.29) is 53.7 Å². The van der Waals surface area contributed by atoms with Crippen molar-refractivity contribution >= 4 is 108 Å². The molecule has 0 fully saturated rings. The Morgan fingerprint density at radius 1 is 0.238 bits per heavy atom. The van der Waals surface area contributed by atoms with Gasteiger partial charge in [0.1, 0.15) is 50.4 Å². The van der Waals surface area contributed by atoms with Gasteiger partial charge in [0.25, 0.3) is 0 Å². The maximum atomic E-state index is 12.7. The second-order valence-corrected chi connectivity index (χ2v) is 39.4. The normalized spacial score (nSPS) is 11.9. The number of methoxy groups -OCH3 is 1. The highest BCUT2D eigenvalue weighted by Gasteiger charge is 2.38. The second kappa shape index (κ2) is 55.7. The number of esters is 9. The van der Waals surface area contributed by atoms with Crippen LogP contribution in [-0.2, 0) is 53.0 Å². The summed E-state index contributed by atoms with van der Waals surface area (Å²) in [4.78, 5) is 111. The van der Waals surface area contributed by atoms with Crippen molar-refractivity contribution in [3.05, 3.63) is 347 Å². The van der Waals surface area contributed by atoms with Crippen molar-refractivity contribution in [1.29, 1.82) is 0 Å². The van der Waals surface area contributed by atoms with Crippen LogP contribution in [0.5, 0.6) is 0 Å². The lowest BCUT2D eigenvalue weighted by atomic mass is 9.96. The standard InChI is InChI=1S/2C22H28O4.C20H20O2.C18H26O4.C16H18O2.C10H10O2.2C6H6.C2H6O.C2H6/c1-7-21(3,4)25-19(23)17-13-9-12-16-15(17)11-10-14-18(16)20(24)26-22(5,6)8-2;1-7-21(3,4)25-19(23)17-13-14-18(16-12-10-9-11-15(16)17)20(24)26-22(5,6)8-2;1-4-20(2,3)22-19(21)17-11-7-10-16-12-14-8-5-6-9-15(14)13-18(16)17;1-7-17(3,4)21-15(19)13-9-11-14(12-10-13)16(20)22-18(5,6)8-2;1-4-16(2,3)18-15(17)14-11-7-9-12-8-5-6-10-13(12)14;1-10(2)8-6-4-3-5-7(8)9(11)12-10;2*1-2-4-6-5-3-1;1-3-2;1-2/h2*9-14H,7-8H2,1-6H3;5-13H,4H2,1-3H3;9-12H,7-8H2,1-6H3;5-11H,4H2,1-3H3;3-6H,1-2H3;2*1-6H;1-2H3;1-2H3. The third-order valence-corrected chi connectivity index (χ3v) is 24.3. The maximum absolute atomic E-state index is 12.7. The molecular weight excluding hydrogens is 1790 g/mol. The maximum Gasteiger partial charge on any atom is 0.339 e. The monoisotopic (exact) mass is 1950 g/mol. The van der Waals surface area contributed by atoms with Gasteiger partial charge in [0.2, 0.25) is 0 Å². The lowest BCUT2D eigenvalue weighted by molar-refractivity contribution is -0.00405. The minimum Gasteiger partial charge on any atom is -0.456 e. The number of hydrogen-bond donors (Lipinski definition) is 0. The van der Waals surface area contributed by atoms with Gasteiger partial charge >= 0.3 is 53.7 Å². The molecule has 19 nitrogen and oxygen atoms in total. The largest absolute Gasteiger partial charge is 0.456 e. The summed E-state index contributed by atoms with van der Waals surface area (Å²) in [6.45, 7) is 53.9. The van der Waals surface area contributed by atoms with Crippen LogP contribution in [-0.4, -0.2) is 113 Å². The molecule has 13 aromatic carbocycles. The van der Waals surface area contributed by atoms with E-state index in [4.69, 9.17) is 42.6 Å². The van der Waals surface area contributed by atoms with Gasteiger partial charge in [-0.3, -0.25) is 0 Å². The zero-order chi connectivity index (χ0) is 107. The molecule has 0 saturated heterocycles. The Bertz CT molecular complexity index is 5920. The number of benzene rings is 13. The molecule has 13 aromatic rings. The smallest absolute Gasteiger partial charge is 0.339 e. The molecule has 143 heavy (non-hydrogen) atoms. The molecule has 0 atom stereocenters. The first-order chi connectivity index (χ1) is 67.4. The SMILES string of the molecule is CC.CC1(C)OC(=O)c2ccccc21.CCC(C)(C)OC(=O)c1ccc(C(=O)OC(C)(C)CC)c2ccccc12.CCC(C)(C)OC(=O)c1ccc(C(=O)OC(C)(C)CC)cc1.CCC(C)(C)OC(=O)c1cccc2c(C(=O)OC(C)(C)CC)cccc12.CCC(C)(C)OC(=O)c1cccc2cc3ccccc3cc12.CCC(C)(C)OC(=O)c1cccc2ccccc12.COC.c1ccccc1.c1ccccc1. The topological polar surface area (TPSA) is 246 Å².